The molecule has 6 heteroatoms. The maximum Gasteiger partial charge on any atom is 0.310 e. The van der Waals surface area contributed by atoms with Crippen molar-refractivity contribution in [3.63, 3.8) is 0 Å². The minimum atomic E-state index is -2.71. The molecule has 0 aliphatic carbocycles. The molecule has 0 aromatic carbocycles. The van der Waals surface area contributed by atoms with Crippen molar-refractivity contribution in [1.82, 2.24) is 4.98 Å². The number of rotatable bonds is 4. The van der Waals surface area contributed by atoms with Crippen LogP contribution in [0.5, 0.6) is 0 Å². The van der Waals surface area contributed by atoms with Gasteiger partial charge in [0.05, 0.1) is 23.6 Å². The molecule has 1 aromatic rings. The van der Waals surface area contributed by atoms with E-state index >= 15 is 0 Å². The van der Waals surface area contributed by atoms with E-state index in [-0.39, 0.29) is 29.2 Å². The van der Waals surface area contributed by atoms with E-state index in [1.807, 2.05) is 0 Å². The minimum Gasteiger partial charge on any atom is -0.466 e. The molecular formula is C10H10ClF2NO2. The van der Waals surface area contributed by atoms with Gasteiger partial charge in [-0.3, -0.25) is 9.78 Å². The van der Waals surface area contributed by atoms with Crippen LogP contribution >= 0.6 is 11.6 Å². The molecule has 1 heterocycles. The Labute approximate surface area is 96.4 Å². The first-order valence-electron chi connectivity index (χ1n) is 4.62. The van der Waals surface area contributed by atoms with Crippen LogP contribution in [-0.4, -0.2) is 17.6 Å². The lowest BCUT2D eigenvalue weighted by molar-refractivity contribution is -0.142. The van der Waals surface area contributed by atoms with Gasteiger partial charge in [0.15, 0.2) is 0 Å². The predicted octanol–water partition coefficient (Wildman–Crippen LogP) is 2.78. The Morgan fingerprint density at radius 2 is 2.25 bits per heavy atom. The fourth-order valence-electron chi connectivity index (χ4n) is 1.15. The van der Waals surface area contributed by atoms with E-state index in [0.29, 0.717) is 0 Å². The zero-order chi connectivity index (χ0) is 12.1. The number of nitrogens with zero attached hydrogens (tertiary/aromatic N) is 1. The SMILES string of the molecule is CCOC(=O)Cc1cncc(C(F)F)c1Cl. The van der Waals surface area contributed by atoms with Crippen molar-refractivity contribution < 1.29 is 18.3 Å². The summed E-state index contributed by atoms with van der Waals surface area (Å²) >= 11 is 5.72. The fraction of sp³-hybridized carbons (Fsp3) is 0.400. The van der Waals surface area contributed by atoms with E-state index in [0.717, 1.165) is 6.20 Å². The molecule has 1 rings (SSSR count). The first kappa shape index (κ1) is 12.8. The van der Waals surface area contributed by atoms with Gasteiger partial charge in [0.1, 0.15) is 0 Å². The van der Waals surface area contributed by atoms with Crippen molar-refractivity contribution in [2.24, 2.45) is 0 Å². The number of esters is 1. The summed E-state index contributed by atoms with van der Waals surface area (Å²) in [6.07, 6.45) is -0.588. The van der Waals surface area contributed by atoms with Crippen LogP contribution in [0, 0.1) is 0 Å². The van der Waals surface area contributed by atoms with Crippen LogP contribution in [0.25, 0.3) is 0 Å². The van der Waals surface area contributed by atoms with Gasteiger partial charge in [-0.1, -0.05) is 11.6 Å². The lowest BCUT2D eigenvalue weighted by Gasteiger charge is -2.07. The van der Waals surface area contributed by atoms with Crippen LogP contribution in [0.2, 0.25) is 5.02 Å². The van der Waals surface area contributed by atoms with Crippen molar-refractivity contribution in [1.29, 1.82) is 0 Å². The van der Waals surface area contributed by atoms with E-state index in [1.165, 1.54) is 6.20 Å². The average molecular weight is 250 g/mol. The number of ether oxygens (including phenoxy) is 1. The summed E-state index contributed by atoms with van der Waals surface area (Å²) in [4.78, 5) is 14.8. The number of halogens is 3. The second-order valence-corrected chi connectivity index (χ2v) is 3.36. The molecule has 0 unspecified atom stereocenters. The number of carbonyl (C=O) groups excluding carboxylic acids is 1. The summed E-state index contributed by atoms with van der Waals surface area (Å²) in [5, 5.41) is -0.127. The smallest absolute Gasteiger partial charge is 0.310 e. The monoisotopic (exact) mass is 249 g/mol. The number of carbonyl (C=O) groups is 1. The van der Waals surface area contributed by atoms with Gasteiger partial charge in [-0.25, -0.2) is 8.78 Å². The fourth-order valence-corrected chi connectivity index (χ4v) is 1.40. The van der Waals surface area contributed by atoms with Crippen molar-refractivity contribution in [2.75, 3.05) is 6.61 Å². The summed E-state index contributed by atoms with van der Waals surface area (Å²) < 4.78 is 29.6. The molecule has 0 atom stereocenters. The summed E-state index contributed by atoms with van der Waals surface area (Å²) in [7, 11) is 0. The van der Waals surface area contributed by atoms with E-state index in [2.05, 4.69) is 9.72 Å². The summed E-state index contributed by atoms with van der Waals surface area (Å²) in [5.74, 6) is -0.516. The molecule has 0 aliphatic heterocycles. The Bertz CT molecular complexity index is 385. The first-order chi connectivity index (χ1) is 7.56. The Morgan fingerprint density at radius 3 is 2.81 bits per heavy atom. The molecule has 0 radical (unpaired) electrons. The van der Waals surface area contributed by atoms with Gasteiger partial charge in [0.2, 0.25) is 0 Å². The molecule has 0 bridgehead atoms. The van der Waals surface area contributed by atoms with Crippen molar-refractivity contribution in [3.05, 3.63) is 28.5 Å². The number of hydrogen-bond acceptors (Lipinski definition) is 3. The standard InChI is InChI=1S/C10H10ClF2NO2/c1-2-16-8(15)3-6-4-14-5-7(9(6)11)10(12)13/h4-5,10H,2-3H2,1H3. The third kappa shape index (κ3) is 3.13. The van der Waals surface area contributed by atoms with Gasteiger partial charge < -0.3 is 4.74 Å². The molecule has 0 amide bonds. The zero-order valence-electron chi connectivity index (χ0n) is 8.54. The van der Waals surface area contributed by atoms with Crippen LogP contribution in [0.15, 0.2) is 12.4 Å². The Kier molecular flexibility index (Phi) is 4.61. The van der Waals surface area contributed by atoms with Gasteiger partial charge in [-0.15, -0.1) is 0 Å². The van der Waals surface area contributed by atoms with Crippen molar-refractivity contribution in [3.8, 4) is 0 Å². The highest BCUT2D eigenvalue weighted by Gasteiger charge is 2.17. The highest BCUT2D eigenvalue weighted by Crippen LogP contribution is 2.28. The summed E-state index contributed by atoms with van der Waals surface area (Å²) in [5.41, 5.74) is -0.124. The second kappa shape index (κ2) is 5.75. The molecule has 1 aromatic heterocycles. The van der Waals surface area contributed by atoms with E-state index in [9.17, 15) is 13.6 Å². The van der Waals surface area contributed by atoms with Gasteiger partial charge in [-0.2, -0.15) is 0 Å². The molecule has 0 aliphatic rings. The Balaban J connectivity index is 2.89. The first-order valence-corrected chi connectivity index (χ1v) is 5.00. The number of aromatic nitrogens is 1. The quantitative estimate of drug-likeness (QED) is 0.771. The highest BCUT2D eigenvalue weighted by atomic mass is 35.5. The lowest BCUT2D eigenvalue weighted by atomic mass is 10.1. The topological polar surface area (TPSA) is 39.2 Å². The molecule has 3 nitrogen and oxygen atoms in total. The summed E-state index contributed by atoms with van der Waals surface area (Å²) in [6.45, 7) is 1.89. The predicted molar refractivity (Wildman–Crippen MR) is 54.5 cm³/mol. The molecule has 0 spiro atoms. The van der Waals surface area contributed by atoms with Gasteiger partial charge in [0.25, 0.3) is 6.43 Å². The van der Waals surface area contributed by atoms with E-state index in [4.69, 9.17) is 11.6 Å². The van der Waals surface area contributed by atoms with Crippen molar-refractivity contribution >= 4 is 17.6 Å². The molecular weight excluding hydrogens is 240 g/mol. The maximum absolute atomic E-state index is 12.5. The largest absolute Gasteiger partial charge is 0.466 e. The Morgan fingerprint density at radius 1 is 1.56 bits per heavy atom. The minimum absolute atomic E-state index is 0.127. The zero-order valence-corrected chi connectivity index (χ0v) is 9.30. The molecule has 0 N–H and O–H groups in total. The molecule has 0 saturated heterocycles. The Hall–Kier alpha value is -1.23. The summed E-state index contributed by atoms with van der Waals surface area (Å²) in [6, 6.07) is 0. The van der Waals surface area contributed by atoms with E-state index in [1.54, 1.807) is 6.92 Å². The van der Waals surface area contributed by atoms with Crippen LogP contribution < -0.4 is 0 Å². The van der Waals surface area contributed by atoms with Gasteiger partial charge in [0, 0.05) is 18.0 Å². The third-order valence-corrected chi connectivity index (χ3v) is 2.32. The molecule has 0 fully saturated rings. The van der Waals surface area contributed by atoms with Crippen LogP contribution in [-0.2, 0) is 16.0 Å². The molecule has 16 heavy (non-hydrogen) atoms. The molecule has 0 saturated carbocycles. The number of alkyl halides is 2. The normalized spacial score (nSPS) is 10.6. The third-order valence-electron chi connectivity index (χ3n) is 1.85. The number of pyridine rings is 1. The molecule has 88 valence electrons. The van der Waals surface area contributed by atoms with Crippen LogP contribution in [0.3, 0.4) is 0 Å². The van der Waals surface area contributed by atoms with E-state index < -0.39 is 12.4 Å². The van der Waals surface area contributed by atoms with Gasteiger partial charge >= 0.3 is 5.97 Å². The van der Waals surface area contributed by atoms with Crippen LogP contribution in [0.4, 0.5) is 8.78 Å². The van der Waals surface area contributed by atoms with Crippen molar-refractivity contribution in [2.45, 2.75) is 19.8 Å². The highest BCUT2D eigenvalue weighted by molar-refractivity contribution is 6.32. The lowest BCUT2D eigenvalue weighted by Crippen LogP contribution is -2.08. The second-order valence-electron chi connectivity index (χ2n) is 2.98. The number of hydrogen-bond donors (Lipinski definition) is 0. The van der Waals surface area contributed by atoms with Gasteiger partial charge in [-0.05, 0) is 6.92 Å². The average Bonchev–Trinajstić information content (AvgIpc) is 2.21. The maximum atomic E-state index is 12.5. The van der Waals surface area contributed by atoms with Crippen LogP contribution in [0.1, 0.15) is 24.5 Å².